The van der Waals surface area contributed by atoms with E-state index in [0.717, 1.165) is 0 Å². The highest BCUT2D eigenvalue weighted by molar-refractivity contribution is 9.10. The van der Waals surface area contributed by atoms with E-state index in [0.29, 0.717) is 15.4 Å². The van der Waals surface area contributed by atoms with Crippen molar-refractivity contribution in [3.8, 4) is 5.82 Å². The number of benzene rings is 1. The quantitative estimate of drug-likeness (QED) is 0.433. The van der Waals surface area contributed by atoms with Gasteiger partial charge in [0.15, 0.2) is 5.82 Å². The van der Waals surface area contributed by atoms with Crippen LogP contribution in [0, 0.1) is 0 Å². The predicted octanol–water partition coefficient (Wildman–Crippen LogP) is 5.36. The first-order valence-corrected chi connectivity index (χ1v) is 11.0. The number of pyridine rings is 1. The van der Waals surface area contributed by atoms with Crippen molar-refractivity contribution in [1.82, 2.24) is 19.7 Å². The number of halogens is 4. The van der Waals surface area contributed by atoms with Crippen LogP contribution in [0.2, 0.25) is 15.1 Å². The molecule has 0 saturated carbocycles. The van der Waals surface area contributed by atoms with Crippen molar-refractivity contribution < 1.29 is 9.59 Å². The van der Waals surface area contributed by atoms with Gasteiger partial charge in [-0.15, -0.1) is 0 Å². The molecule has 3 aromatic rings. The molecule has 0 aliphatic heterocycles. The highest BCUT2D eigenvalue weighted by Crippen LogP contribution is 2.35. The lowest BCUT2D eigenvalue weighted by Crippen LogP contribution is -2.35. The molecule has 0 fully saturated rings. The maximum atomic E-state index is 13.6. The molecule has 0 N–H and O–H groups in total. The molecule has 0 aliphatic rings. The van der Waals surface area contributed by atoms with Gasteiger partial charge >= 0.3 is 0 Å². The van der Waals surface area contributed by atoms with Crippen molar-refractivity contribution >= 4 is 68.2 Å². The molecule has 11 heteroatoms. The molecule has 2 aromatic heterocycles. The van der Waals surface area contributed by atoms with Gasteiger partial charge in [-0.1, -0.05) is 34.8 Å². The molecule has 0 atom stereocenters. The lowest BCUT2D eigenvalue weighted by atomic mass is 10.1. The average molecular weight is 546 g/mol. The Hall–Kier alpha value is -2.13. The molecule has 31 heavy (non-hydrogen) atoms. The summed E-state index contributed by atoms with van der Waals surface area (Å²) in [7, 11) is 3.21. The van der Waals surface area contributed by atoms with Crippen molar-refractivity contribution in [3.05, 3.63) is 67.5 Å². The van der Waals surface area contributed by atoms with Gasteiger partial charge in [0.1, 0.15) is 10.3 Å². The number of amides is 2. The van der Waals surface area contributed by atoms with Crippen LogP contribution in [0.1, 0.15) is 27.8 Å². The maximum Gasteiger partial charge on any atom is 0.277 e. The van der Waals surface area contributed by atoms with Gasteiger partial charge in [0.25, 0.3) is 11.8 Å². The van der Waals surface area contributed by atoms with Gasteiger partial charge in [0.2, 0.25) is 0 Å². The van der Waals surface area contributed by atoms with Crippen LogP contribution in [0.3, 0.4) is 0 Å². The van der Waals surface area contributed by atoms with Crippen LogP contribution < -0.4 is 4.90 Å². The SMILES string of the molecule is CCN(C(=O)c1cc(Br)nn1-c1ncccc1Cl)c1c(Cl)cc(Cl)cc1C(=O)N(C)C. The Kier molecular flexibility index (Phi) is 7.26. The Morgan fingerprint density at radius 2 is 1.81 bits per heavy atom. The van der Waals surface area contributed by atoms with E-state index >= 15 is 0 Å². The highest BCUT2D eigenvalue weighted by Gasteiger charge is 2.29. The topological polar surface area (TPSA) is 71.3 Å². The van der Waals surface area contributed by atoms with Crippen LogP contribution in [0.4, 0.5) is 5.69 Å². The zero-order chi connectivity index (χ0) is 22.9. The zero-order valence-corrected chi connectivity index (χ0v) is 20.6. The fourth-order valence-electron chi connectivity index (χ4n) is 2.98. The van der Waals surface area contributed by atoms with E-state index in [1.54, 1.807) is 45.4 Å². The molecule has 2 heterocycles. The molecule has 0 aliphatic carbocycles. The number of hydrogen-bond donors (Lipinski definition) is 0. The van der Waals surface area contributed by atoms with Gasteiger partial charge in [0, 0.05) is 37.9 Å². The second-order valence-electron chi connectivity index (χ2n) is 6.61. The van der Waals surface area contributed by atoms with Crippen LogP contribution in [-0.4, -0.2) is 52.1 Å². The van der Waals surface area contributed by atoms with E-state index in [-0.39, 0.29) is 39.4 Å². The van der Waals surface area contributed by atoms with Crippen molar-refractivity contribution in [3.63, 3.8) is 0 Å². The lowest BCUT2D eigenvalue weighted by Gasteiger charge is -2.26. The summed E-state index contributed by atoms with van der Waals surface area (Å²) >= 11 is 22.2. The molecule has 162 valence electrons. The van der Waals surface area contributed by atoms with Gasteiger partial charge in [-0.3, -0.25) is 9.59 Å². The molecular formula is C20H17BrCl3N5O2. The van der Waals surface area contributed by atoms with Crippen molar-refractivity contribution in [2.24, 2.45) is 0 Å². The van der Waals surface area contributed by atoms with Gasteiger partial charge in [-0.2, -0.15) is 5.10 Å². The Balaban J connectivity index is 2.18. The normalized spacial score (nSPS) is 10.8. The minimum atomic E-state index is -0.445. The van der Waals surface area contributed by atoms with Gasteiger partial charge in [0.05, 0.1) is 21.3 Å². The third-order valence-electron chi connectivity index (χ3n) is 4.33. The largest absolute Gasteiger partial charge is 0.345 e. The second kappa shape index (κ2) is 9.56. The zero-order valence-electron chi connectivity index (χ0n) is 16.7. The Morgan fingerprint density at radius 1 is 1.10 bits per heavy atom. The molecule has 1 aromatic carbocycles. The van der Waals surface area contributed by atoms with E-state index in [4.69, 9.17) is 34.8 Å². The molecule has 0 saturated heterocycles. The Bertz CT molecular complexity index is 1170. The molecule has 0 spiro atoms. The summed E-state index contributed by atoms with van der Waals surface area (Å²) in [5.41, 5.74) is 0.649. The van der Waals surface area contributed by atoms with Crippen molar-refractivity contribution in [2.75, 3.05) is 25.5 Å². The summed E-state index contributed by atoms with van der Waals surface area (Å²) < 4.78 is 1.76. The molecule has 2 amide bonds. The number of hydrogen-bond acceptors (Lipinski definition) is 4. The van der Waals surface area contributed by atoms with Gasteiger partial charge < -0.3 is 9.80 Å². The van der Waals surface area contributed by atoms with Gasteiger partial charge in [-0.25, -0.2) is 9.67 Å². The fraction of sp³-hybridized carbons (Fsp3) is 0.200. The van der Waals surface area contributed by atoms with Crippen molar-refractivity contribution in [1.29, 1.82) is 0 Å². The number of carbonyl (C=O) groups excluding carboxylic acids is 2. The third-order valence-corrected chi connectivity index (χ3v) is 5.52. The van der Waals surface area contributed by atoms with Crippen LogP contribution in [0.25, 0.3) is 5.82 Å². The summed E-state index contributed by atoms with van der Waals surface area (Å²) in [6, 6.07) is 7.85. The molecule has 0 radical (unpaired) electrons. The molecule has 3 rings (SSSR count). The van der Waals surface area contributed by atoms with E-state index in [1.807, 2.05) is 0 Å². The second-order valence-corrected chi connectivity index (χ2v) is 8.67. The summed E-state index contributed by atoms with van der Waals surface area (Å²) in [4.78, 5) is 33.5. The minimum absolute atomic E-state index is 0.175. The highest BCUT2D eigenvalue weighted by atomic mass is 79.9. The molecular weight excluding hydrogens is 529 g/mol. The Morgan fingerprint density at radius 3 is 2.42 bits per heavy atom. The van der Waals surface area contributed by atoms with Crippen LogP contribution in [0.5, 0.6) is 0 Å². The predicted molar refractivity (Wildman–Crippen MR) is 126 cm³/mol. The number of nitrogens with zero attached hydrogens (tertiary/aromatic N) is 5. The fourth-order valence-corrected chi connectivity index (χ4v) is 4.16. The van der Waals surface area contributed by atoms with Gasteiger partial charge in [-0.05, 0) is 47.1 Å². The van der Waals surface area contributed by atoms with Crippen LogP contribution in [0.15, 0.2) is 41.1 Å². The first-order chi connectivity index (χ1) is 14.6. The van der Waals surface area contributed by atoms with Crippen LogP contribution >= 0.6 is 50.7 Å². The molecule has 0 bridgehead atoms. The third kappa shape index (κ3) is 4.72. The van der Waals surface area contributed by atoms with E-state index in [2.05, 4.69) is 26.0 Å². The lowest BCUT2D eigenvalue weighted by molar-refractivity contribution is 0.0828. The molecule has 0 unspecified atom stereocenters. The average Bonchev–Trinajstić information content (AvgIpc) is 3.10. The monoisotopic (exact) mass is 543 g/mol. The number of rotatable bonds is 5. The number of aromatic nitrogens is 3. The molecule has 7 nitrogen and oxygen atoms in total. The van der Waals surface area contributed by atoms with E-state index < -0.39 is 5.91 Å². The summed E-state index contributed by atoms with van der Waals surface area (Å²) in [5, 5.41) is 5.09. The van der Waals surface area contributed by atoms with E-state index in [9.17, 15) is 9.59 Å². The summed E-state index contributed by atoms with van der Waals surface area (Å²) in [5.74, 6) is -0.492. The van der Waals surface area contributed by atoms with Crippen molar-refractivity contribution in [2.45, 2.75) is 6.92 Å². The number of anilines is 1. The van der Waals surface area contributed by atoms with E-state index in [1.165, 1.54) is 26.6 Å². The summed E-state index contributed by atoms with van der Waals surface area (Å²) in [6.07, 6.45) is 1.55. The first kappa shape index (κ1) is 23.5. The van der Waals surface area contributed by atoms with Crippen LogP contribution in [-0.2, 0) is 0 Å². The minimum Gasteiger partial charge on any atom is -0.345 e. The Labute approximate surface area is 202 Å². The maximum absolute atomic E-state index is 13.6. The number of carbonyl (C=O) groups is 2. The summed E-state index contributed by atoms with van der Waals surface area (Å²) in [6.45, 7) is 2.00. The standard InChI is InChI=1S/C20H17BrCl3N5O2/c1-4-28(17-12(19(30)27(2)3)8-11(22)9-14(17)24)20(31)15-10-16(21)26-29(15)18-13(23)6-5-7-25-18/h5-10H,4H2,1-3H3. The first-order valence-electron chi connectivity index (χ1n) is 9.04. The smallest absolute Gasteiger partial charge is 0.277 e.